The van der Waals surface area contributed by atoms with Gasteiger partial charge in [0, 0.05) is 5.56 Å². The largest absolute Gasteiger partial charge is 0.493 e. The van der Waals surface area contributed by atoms with E-state index < -0.39 is 0 Å². The van der Waals surface area contributed by atoms with E-state index in [0.717, 1.165) is 16.7 Å². The Kier molecular flexibility index (Phi) is 3.77. The molecule has 0 amide bonds. The van der Waals surface area contributed by atoms with Crippen molar-refractivity contribution in [3.8, 4) is 11.5 Å². The lowest BCUT2D eigenvalue weighted by atomic mass is 10.0. The Hall–Kier alpha value is -2.49. The van der Waals surface area contributed by atoms with Crippen molar-refractivity contribution in [3.63, 3.8) is 0 Å². The van der Waals surface area contributed by atoms with Crippen LogP contribution in [0.15, 0.2) is 42.5 Å². The molecule has 1 heterocycles. The first-order valence-electron chi connectivity index (χ1n) is 6.79. The average Bonchev–Trinajstić information content (AvgIpc) is 2.53. The van der Waals surface area contributed by atoms with E-state index in [-0.39, 0.29) is 19.0 Å². The molecule has 0 fully saturated rings. The molecular formula is C17H16O4. The Morgan fingerprint density at radius 2 is 1.95 bits per heavy atom. The summed E-state index contributed by atoms with van der Waals surface area (Å²) in [5, 5.41) is 0. The summed E-state index contributed by atoms with van der Waals surface area (Å²) in [6.07, 6.45) is 0.279. The van der Waals surface area contributed by atoms with Crippen molar-refractivity contribution in [1.82, 2.24) is 0 Å². The topological polar surface area (TPSA) is 44.8 Å². The maximum absolute atomic E-state index is 11.4. The number of carbonyl (C=O) groups is 1. The highest BCUT2D eigenvalue weighted by Crippen LogP contribution is 2.36. The van der Waals surface area contributed by atoms with Crippen molar-refractivity contribution in [2.75, 3.05) is 7.11 Å². The van der Waals surface area contributed by atoms with Crippen LogP contribution in [0.3, 0.4) is 0 Å². The minimum atomic E-state index is -0.207. The molecule has 0 saturated heterocycles. The van der Waals surface area contributed by atoms with E-state index in [0.29, 0.717) is 18.1 Å². The van der Waals surface area contributed by atoms with E-state index in [4.69, 9.17) is 14.2 Å². The second-order valence-corrected chi connectivity index (χ2v) is 4.85. The lowest BCUT2D eigenvalue weighted by molar-refractivity contribution is -0.145. The lowest BCUT2D eigenvalue weighted by Gasteiger charge is -2.21. The van der Waals surface area contributed by atoms with E-state index in [1.807, 2.05) is 42.5 Å². The zero-order valence-corrected chi connectivity index (χ0v) is 11.8. The number of fused-ring (bicyclic) bond motifs is 1. The zero-order valence-electron chi connectivity index (χ0n) is 11.8. The van der Waals surface area contributed by atoms with Crippen LogP contribution in [-0.2, 0) is 29.2 Å². The van der Waals surface area contributed by atoms with Crippen molar-refractivity contribution in [3.05, 3.63) is 59.2 Å². The van der Waals surface area contributed by atoms with Gasteiger partial charge < -0.3 is 14.2 Å². The van der Waals surface area contributed by atoms with E-state index in [9.17, 15) is 4.79 Å². The Bertz CT molecular complexity index is 649. The number of esters is 1. The second kappa shape index (κ2) is 5.87. The molecule has 21 heavy (non-hydrogen) atoms. The highest BCUT2D eigenvalue weighted by atomic mass is 16.5. The number of cyclic esters (lactones) is 1. The van der Waals surface area contributed by atoms with Crippen LogP contribution >= 0.6 is 0 Å². The number of carbonyl (C=O) groups excluding carboxylic acids is 1. The smallest absolute Gasteiger partial charge is 0.310 e. The summed E-state index contributed by atoms with van der Waals surface area (Å²) in [5.41, 5.74) is 2.91. The molecule has 1 aliphatic rings. The third-order valence-corrected chi connectivity index (χ3v) is 3.48. The zero-order chi connectivity index (χ0) is 14.7. The predicted octanol–water partition coefficient (Wildman–Crippen LogP) is 2.87. The molecule has 0 aliphatic carbocycles. The van der Waals surface area contributed by atoms with Crippen molar-refractivity contribution in [2.24, 2.45) is 0 Å². The predicted molar refractivity (Wildman–Crippen MR) is 77.3 cm³/mol. The van der Waals surface area contributed by atoms with Gasteiger partial charge in [0.1, 0.15) is 13.2 Å². The molecule has 0 saturated carbocycles. The number of ether oxygens (including phenoxy) is 3. The second-order valence-electron chi connectivity index (χ2n) is 4.85. The van der Waals surface area contributed by atoms with E-state index in [1.54, 1.807) is 7.11 Å². The number of rotatable bonds is 4. The molecule has 0 spiro atoms. The monoisotopic (exact) mass is 284 g/mol. The van der Waals surface area contributed by atoms with Crippen LogP contribution in [-0.4, -0.2) is 13.1 Å². The van der Waals surface area contributed by atoms with Gasteiger partial charge in [0.2, 0.25) is 0 Å². The molecule has 0 aromatic heterocycles. The highest BCUT2D eigenvalue weighted by molar-refractivity contribution is 5.76. The molecule has 0 N–H and O–H groups in total. The van der Waals surface area contributed by atoms with Gasteiger partial charge in [0.15, 0.2) is 11.5 Å². The number of methoxy groups -OCH3 is 1. The van der Waals surface area contributed by atoms with Gasteiger partial charge in [-0.2, -0.15) is 0 Å². The van der Waals surface area contributed by atoms with Gasteiger partial charge >= 0.3 is 5.97 Å². The first kappa shape index (κ1) is 13.5. The van der Waals surface area contributed by atoms with Gasteiger partial charge in [-0.3, -0.25) is 4.79 Å². The van der Waals surface area contributed by atoms with Gasteiger partial charge in [0.25, 0.3) is 0 Å². The number of hydrogen-bond acceptors (Lipinski definition) is 4. The summed E-state index contributed by atoms with van der Waals surface area (Å²) < 4.78 is 16.4. The van der Waals surface area contributed by atoms with Crippen LogP contribution < -0.4 is 9.47 Å². The molecule has 1 aliphatic heterocycles. The summed E-state index contributed by atoms with van der Waals surface area (Å²) in [4.78, 5) is 11.4. The normalized spacial score (nSPS) is 13.3. The Labute approximate surface area is 123 Å². The molecule has 3 rings (SSSR count). The van der Waals surface area contributed by atoms with Crippen LogP contribution in [0, 0.1) is 0 Å². The molecule has 2 aromatic rings. The Morgan fingerprint density at radius 1 is 1.14 bits per heavy atom. The van der Waals surface area contributed by atoms with Crippen molar-refractivity contribution < 1.29 is 19.0 Å². The average molecular weight is 284 g/mol. The molecule has 4 nitrogen and oxygen atoms in total. The van der Waals surface area contributed by atoms with Gasteiger partial charge in [-0.25, -0.2) is 0 Å². The van der Waals surface area contributed by atoms with Gasteiger partial charge in [-0.05, 0) is 17.2 Å². The fourth-order valence-corrected chi connectivity index (χ4v) is 2.38. The van der Waals surface area contributed by atoms with Gasteiger partial charge in [0.05, 0.1) is 13.5 Å². The standard InChI is InChI=1S/C17H16O4/c1-19-15-8-7-13-9-16(18)20-11-14(13)17(15)21-10-12-5-3-2-4-6-12/h2-8H,9-11H2,1H3. The first-order valence-corrected chi connectivity index (χ1v) is 6.79. The van der Waals surface area contributed by atoms with Crippen LogP contribution in [0.4, 0.5) is 0 Å². The molecule has 108 valence electrons. The summed E-state index contributed by atoms with van der Waals surface area (Å²) in [6.45, 7) is 0.678. The van der Waals surface area contributed by atoms with Crippen LogP contribution in [0.5, 0.6) is 11.5 Å². The van der Waals surface area contributed by atoms with E-state index >= 15 is 0 Å². The van der Waals surface area contributed by atoms with E-state index in [1.165, 1.54) is 0 Å². The fraction of sp³-hybridized carbons (Fsp3) is 0.235. The number of hydrogen-bond donors (Lipinski definition) is 0. The molecule has 2 aromatic carbocycles. The van der Waals surface area contributed by atoms with Gasteiger partial charge in [-0.1, -0.05) is 36.4 Å². The SMILES string of the molecule is COc1ccc2c(c1OCc1ccccc1)COC(=O)C2. The molecule has 0 bridgehead atoms. The third kappa shape index (κ3) is 2.84. The maximum Gasteiger partial charge on any atom is 0.310 e. The van der Waals surface area contributed by atoms with Crippen molar-refractivity contribution in [2.45, 2.75) is 19.6 Å². The Balaban J connectivity index is 1.89. The summed E-state index contributed by atoms with van der Waals surface area (Å²) in [5.74, 6) is 1.11. The molecule has 0 radical (unpaired) electrons. The molecule has 0 atom stereocenters. The minimum absolute atomic E-state index is 0.207. The number of benzene rings is 2. The maximum atomic E-state index is 11.4. The lowest BCUT2D eigenvalue weighted by Crippen LogP contribution is -2.17. The summed E-state index contributed by atoms with van der Waals surface area (Å²) >= 11 is 0. The molecular weight excluding hydrogens is 268 g/mol. The minimum Gasteiger partial charge on any atom is -0.493 e. The third-order valence-electron chi connectivity index (χ3n) is 3.48. The molecule has 4 heteroatoms. The Morgan fingerprint density at radius 3 is 2.71 bits per heavy atom. The van der Waals surface area contributed by atoms with E-state index in [2.05, 4.69) is 0 Å². The fourth-order valence-electron chi connectivity index (χ4n) is 2.38. The summed E-state index contributed by atoms with van der Waals surface area (Å²) in [7, 11) is 1.60. The van der Waals surface area contributed by atoms with Crippen LogP contribution in [0.1, 0.15) is 16.7 Å². The highest BCUT2D eigenvalue weighted by Gasteiger charge is 2.23. The van der Waals surface area contributed by atoms with Gasteiger partial charge in [-0.15, -0.1) is 0 Å². The van der Waals surface area contributed by atoms with Crippen molar-refractivity contribution >= 4 is 5.97 Å². The first-order chi connectivity index (χ1) is 10.3. The quantitative estimate of drug-likeness (QED) is 0.810. The molecule has 0 unspecified atom stereocenters. The van der Waals surface area contributed by atoms with Crippen molar-refractivity contribution in [1.29, 1.82) is 0 Å². The summed E-state index contributed by atoms with van der Waals surface area (Å²) in [6, 6.07) is 13.6. The van der Waals surface area contributed by atoms with Crippen LogP contribution in [0.2, 0.25) is 0 Å². The van der Waals surface area contributed by atoms with Crippen LogP contribution in [0.25, 0.3) is 0 Å².